The van der Waals surface area contributed by atoms with Crippen molar-refractivity contribution in [1.82, 2.24) is 4.90 Å². The lowest BCUT2D eigenvalue weighted by molar-refractivity contribution is 0.0564. The Hall–Kier alpha value is -1.82. The number of amides is 2. The van der Waals surface area contributed by atoms with Crippen LogP contribution in [-0.2, 0) is 4.74 Å². The molecule has 2 rings (SSSR count). The number of halogens is 1. The molecule has 1 aromatic carbocycles. The number of carbonyl (C=O) groups is 1. The molecule has 0 saturated carbocycles. The second-order valence-corrected chi connectivity index (χ2v) is 3.77. The Kier molecular flexibility index (Phi) is 3.43. The van der Waals surface area contributed by atoms with Crippen molar-refractivity contribution in [1.29, 1.82) is 0 Å². The highest BCUT2D eigenvalue weighted by molar-refractivity contribution is 5.89. The van der Waals surface area contributed by atoms with E-state index < -0.39 is 5.82 Å². The molecule has 0 atom stereocenters. The van der Waals surface area contributed by atoms with Crippen LogP contribution in [0, 0.1) is 5.82 Å². The van der Waals surface area contributed by atoms with Crippen LogP contribution in [0.1, 0.15) is 0 Å². The number of anilines is 2. The first kappa shape index (κ1) is 11.7. The molecule has 0 aliphatic carbocycles. The van der Waals surface area contributed by atoms with Gasteiger partial charge in [-0.2, -0.15) is 0 Å². The van der Waals surface area contributed by atoms with Gasteiger partial charge in [-0.1, -0.05) is 0 Å². The van der Waals surface area contributed by atoms with Gasteiger partial charge in [0.1, 0.15) is 5.82 Å². The van der Waals surface area contributed by atoms with Crippen molar-refractivity contribution < 1.29 is 13.9 Å². The van der Waals surface area contributed by atoms with Crippen molar-refractivity contribution in [3.05, 3.63) is 24.0 Å². The third-order valence-corrected chi connectivity index (χ3v) is 2.55. The van der Waals surface area contributed by atoms with Crippen molar-refractivity contribution in [3.8, 4) is 0 Å². The van der Waals surface area contributed by atoms with Crippen molar-refractivity contribution in [2.24, 2.45) is 0 Å². The van der Waals surface area contributed by atoms with Crippen molar-refractivity contribution in [2.75, 3.05) is 37.4 Å². The van der Waals surface area contributed by atoms with Gasteiger partial charge < -0.3 is 20.7 Å². The number of nitrogens with one attached hydrogen (secondary N) is 1. The molecule has 1 aromatic rings. The lowest BCUT2D eigenvalue weighted by atomic mass is 10.2. The molecule has 1 fully saturated rings. The summed E-state index contributed by atoms with van der Waals surface area (Å²) in [6.45, 7) is 2.15. The standard InChI is InChI=1S/C11H14FN3O2/c12-9-7-8(1-2-10(9)13)14-11(16)15-3-5-17-6-4-15/h1-2,7H,3-6,13H2,(H,14,16). The second-order valence-electron chi connectivity index (χ2n) is 3.77. The largest absolute Gasteiger partial charge is 0.396 e. The normalized spacial score (nSPS) is 15.7. The quantitative estimate of drug-likeness (QED) is 0.725. The van der Waals surface area contributed by atoms with Crippen LogP contribution in [-0.4, -0.2) is 37.2 Å². The number of hydrogen-bond acceptors (Lipinski definition) is 3. The van der Waals surface area contributed by atoms with E-state index in [0.717, 1.165) is 0 Å². The molecule has 6 heteroatoms. The lowest BCUT2D eigenvalue weighted by Crippen LogP contribution is -2.43. The van der Waals surface area contributed by atoms with Crippen molar-refractivity contribution in [3.63, 3.8) is 0 Å². The number of urea groups is 1. The number of nitrogens with zero attached hydrogens (tertiary/aromatic N) is 1. The van der Waals surface area contributed by atoms with E-state index in [1.807, 2.05) is 0 Å². The Morgan fingerprint density at radius 1 is 1.41 bits per heavy atom. The summed E-state index contributed by atoms with van der Waals surface area (Å²) in [5.41, 5.74) is 5.81. The van der Waals surface area contributed by atoms with Crippen LogP contribution in [0.2, 0.25) is 0 Å². The van der Waals surface area contributed by atoms with Crippen LogP contribution in [0.15, 0.2) is 18.2 Å². The van der Waals surface area contributed by atoms with Gasteiger partial charge in [0.2, 0.25) is 0 Å². The van der Waals surface area contributed by atoms with Gasteiger partial charge in [0.05, 0.1) is 18.9 Å². The number of nitrogens with two attached hydrogens (primary N) is 1. The third-order valence-electron chi connectivity index (χ3n) is 2.55. The van der Waals surface area contributed by atoms with Gasteiger partial charge >= 0.3 is 6.03 Å². The molecular formula is C11H14FN3O2. The first-order valence-corrected chi connectivity index (χ1v) is 5.35. The second kappa shape index (κ2) is 5.01. The Bertz CT molecular complexity index is 419. The van der Waals surface area contributed by atoms with Crippen LogP contribution in [0.5, 0.6) is 0 Å². The molecule has 1 aliphatic rings. The predicted octanol–water partition coefficient (Wildman–Crippen LogP) is 1.27. The summed E-state index contributed by atoms with van der Waals surface area (Å²) in [6.07, 6.45) is 0. The van der Waals surface area contributed by atoms with Crippen LogP contribution in [0.4, 0.5) is 20.6 Å². The molecule has 0 bridgehead atoms. The van der Waals surface area contributed by atoms with E-state index in [0.29, 0.717) is 32.0 Å². The fraction of sp³-hybridized carbons (Fsp3) is 0.364. The minimum Gasteiger partial charge on any atom is -0.396 e. The Morgan fingerprint density at radius 2 is 2.12 bits per heavy atom. The summed E-state index contributed by atoms with van der Waals surface area (Å²) >= 11 is 0. The van der Waals surface area contributed by atoms with Gasteiger partial charge in [-0.3, -0.25) is 0 Å². The number of rotatable bonds is 1. The van der Waals surface area contributed by atoms with Crippen molar-refractivity contribution in [2.45, 2.75) is 0 Å². The zero-order valence-corrected chi connectivity index (χ0v) is 9.28. The zero-order valence-electron chi connectivity index (χ0n) is 9.28. The maximum absolute atomic E-state index is 13.2. The predicted molar refractivity (Wildman–Crippen MR) is 62.2 cm³/mol. The van der Waals surface area contributed by atoms with E-state index in [2.05, 4.69) is 5.32 Å². The molecule has 1 saturated heterocycles. The summed E-state index contributed by atoms with van der Waals surface area (Å²) in [7, 11) is 0. The smallest absolute Gasteiger partial charge is 0.322 e. The fourth-order valence-corrected chi connectivity index (χ4v) is 1.57. The number of morpholine rings is 1. The van der Waals surface area contributed by atoms with Crippen LogP contribution in [0.3, 0.4) is 0 Å². The molecule has 1 heterocycles. The van der Waals surface area contributed by atoms with Crippen LogP contribution >= 0.6 is 0 Å². The Morgan fingerprint density at radius 3 is 2.76 bits per heavy atom. The molecule has 2 amide bonds. The number of ether oxygens (including phenoxy) is 1. The highest BCUT2D eigenvalue weighted by Crippen LogP contribution is 2.16. The van der Waals surface area contributed by atoms with Gasteiger partial charge in [0.15, 0.2) is 0 Å². The minimum atomic E-state index is -0.537. The highest BCUT2D eigenvalue weighted by atomic mass is 19.1. The topological polar surface area (TPSA) is 67.6 Å². The van der Waals surface area contributed by atoms with Gasteiger partial charge in [-0.05, 0) is 18.2 Å². The summed E-state index contributed by atoms with van der Waals surface area (Å²) in [5.74, 6) is -0.537. The summed E-state index contributed by atoms with van der Waals surface area (Å²) < 4.78 is 18.3. The Labute approximate surface area is 98.3 Å². The van der Waals surface area contributed by atoms with E-state index >= 15 is 0 Å². The highest BCUT2D eigenvalue weighted by Gasteiger charge is 2.16. The average molecular weight is 239 g/mol. The number of nitrogen functional groups attached to an aromatic ring is 1. The van der Waals surface area contributed by atoms with E-state index in [9.17, 15) is 9.18 Å². The molecule has 5 nitrogen and oxygen atoms in total. The number of carbonyl (C=O) groups excluding carboxylic acids is 1. The van der Waals surface area contributed by atoms with Crippen LogP contribution < -0.4 is 11.1 Å². The lowest BCUT2D eigenvalue weighted by Gasteiger charge is -2.26. The molecule has 0 aromatic heterocycles. The summed E-state index contributed by atoms with van der Waals surface area (Å²) in [4.78, 5) is 13.4. The van der Waals surface area contributed by atoms with E-state index in [4.69, 9.17) is 10.5 Å². The van der Waals surface area contributed by atoms with Gasteiger partial charge in [0.25, 0.3) is 0 Å². The van der Waals surface area contributed by atoms with Gasteiger partial charge in [-0.15, -0.1) is 0 Å². The Balaban J connectivity index is 1.99. The molecule has 3 N–H and O–H groups in total. The summed E-state index contributed by atoms with van der Waals surface area (Å²) in [6, 6.07) is 3.94. The van der Waals surface area contributed by atoms with Gasteiger partial charge in [0, 0.05) is 18.8 Å². The molecule has 0 spiro atoms. The van der Waals surface area contributed by atoms with E-state index in [1.165, 1.54) is 12.1 Å². The SMILES string of the molecule is Nc1ccc(NC(=O)N2CCOCC2)cc1F. The zero-order chi connectivity index (χ0) is 12.3. The first-order chi connectivity index (χ1) is 8.16. The molecule has 17 heavy (non-hydrogen) atoms. The maximum Gasteiger partial charge on any atom is 0.322 e. The first-order valence-electron chi connectivity index (χ1n) is 5.35. The average Bonchev–Trinajstić information content (AvgIpc) is 2.35. The third kappa shape index (κ3) is 2.85. The minimum absolute atomic E-state index is 0.0642. The van der Waals surface area contributed by atoms with Crippen molar-refractivity contribution >= 4 is 17.4 Å². The van der Waals surface area contributed by atoms with E-state index in [1.54, 1.807) is 11.0 Å². The number of hydrogen-bond donors (Lipinski definition) is 2. The number of benzene rings is 1. The summed E-state index contributed by atoms with van der Waals surface area (Å²) in [5, 5.41) is 2.62. The molecule has 0 unspecified atom stereocenters. The molecular weight excluding hydrogens is 225 g/mol. The maximum atomic E-state index is 13.2. The van der Waals surface area contributed by atoms with Gasteiger partial charge in [-0.25, -0.2) is 9.18 Å². The van der Waals surface area contributed by atoms with E-state index in [-0.39, 0.29) is 11.7 Å². The van der Waals surface area contributed by atoms with Crippen LogP contribution in [0.25, 0.3) is 0 Å². The monoisotopic (exact) mass is 239 g/mol. The molecule has 0 radical (unpaired) electrons. The molecule has 92 valence electrons. The fourth-order valence-electron chi connectivity index (χ4n) is 1.57. The molecule has 1 aliphatic heterocycles.